The van der Waals surface area contributed by atoms with E-state index in [0.717, 1.165) is 22.7 Å². The number of benzene rings is 2. The second kappa shape index (κ2) is 13.9. The number of carbonyl (C=O) groups is 5. The van der Waals surface area contributed by atoms with Crippen LogP contribution in [0, 0.1) is 24.7 Å². The van der Waals surface area contributed by atoms with Crippen LogP contribution in [-0.4, -0.2) is 68.4 Å². The highest BCUT2D eigenvalue weighted by molar-refractivity contribution is 6.07. The normalized spacial score (nSPS) is 16.3. The number of nitrogens with zero attached hydrogens (tertiary/aromatic N) is 5. The van der Waals surface area contributed by atoms with Crippen molar-refractivity contribution >= 4 is 41.4 Å². The van der Waals surface area contributed by atoms with E-state index in [9.17, 15) is 37.1 Å². The molecule has 52 heavy (non-hydrogen) atoms. The lowest BCUT2D eigenvalue weighted by atomic mass is 9.97. The summed E-state index contributed by atoms with van der Waals surface area (Å²) in [5.74, 6) is 4.12. The van der Waals surface area contributed by atoms with Crippen molar-refractivity contribution in [1.29, 1.82) is 0 Å². The summed E-state index contributed by atoms with van der Waals surface area (Å²) in [5, 5.41) is 9.27. The summed E-state index contributed by atoms with van der Waals surface area (Å²) >= 11 is 0. The molecule has 2 aromatic heterocycles. The molecule has 15 heteroatoms. The molecule has 0 saturated carbocycles. The molecule has 0 radical (unpaired) electrons. The van der Waals surface area contributed by atoms with E-state index in [1.807, 2.05) is 6.07 Å². The van der Waals surface area contributed by atoms with Crippen molar-refractivity contribution in [3.05, 3.63) is 95.6 Å². The Morgan fingerprint density at radius 2 is 1.81 bits per heavy atom. The molecule has 268 valence electrons. The van der Waals surface area contributed by atoms with Gasteiger partial charge in [0.15, 0.2) is 0 Å². The first-order chi connectivity index (χ1) is 24.6. The Bertz CT molecular complexity index is 2120. The zero-order valence-electron chi connectivity index (χ0n) is 28.4. The first-order valence-electron chi connectivity index (χ1n) is 16.4. The molecule has 2 saturated heterocycles. The molecule has 6 rings (SSSR count). The minimum atomic E-state index is -4.55. The van der Waals surface area contributed by atoms with Crippen molar-refractivity contribution in [2.45, 2.75) is 51.4 Å². The van der Waals surface area contributed by atoms with Crippen LogP contribution in [0.25, 0.3) is 5.69 Å². The van der Waals surface area contributed by atoms with Crippen LogP contribution in [0.2, 0.25) is 0 Å². The Hall–Kier alpha value is -6.17. The third-order valence-electron chi connectivity index (χ3n) is 9.17. The van der Waals surface area contributed by atoms with Crippen molar-refractivity contribution in [2.75, 3.05) is 23.3 Å². The topological polar surface area (TPSA) is 139 Å². The molecule has 1 atom stereocenters. The fraction of sp³-hybridized carbons (Fsp3) is 0.297. The van der Waals surface area contributed by atoms with Gasteiger partial charge in [0.1, 0.15) is 11.6 Å². The number of hydrogen-bond donors (Lipinski definition) is 2. The van der Waals surface area contributed by atoms with Gasteiger partial charge < -0.3 is 14.8 Å². The van der Waals surface area contributed by atoms with Gasteiger partial charge in [-0.1, -0.05) is 11.8 Å². The Labute approximate surface area is 296 Å². The van der Waals surface area contributed by atoms with Gasteiger partial charge in [0, 0.05) is 49.4 Å². The van der Waals surface area contributed by atoms with E-state index in [4.69, 9.17) is 0 Å². The SMILES string of the molecule is Cc1cc(N2CC(C#Cc3cnn(C(C)(C)C(=O)Nc4ccc(C(F)(F)F)cc4-n4cccc4)c3)C2)ccc1C(=O)N(C=O)C1CCC(=O)NC1=O. The average Bonchev–Trinajstić information content (AvgIpc) is 3.78. The fourth-order valence-electron chi connectivity index (χ4n) is 5.99. The zero-order valence-corrected chi connectivity index (χ0v) is 28.4. The predicted octanol–water partition coefficient (Wildman–Crippen LogP) is 4.27. The second-order valence-electron chi connectivity index (χ2n) is 13.2. The molecule has 4 heterocycles. The van der Waals surface area contributed by atoms with E-state index < -0.39 is 46.9 Å². The van der Waals surface area contributed by atoms with E-state index in [2.05, 4.69) is 32.5 Å². The van der Waals surface area contributed by atoms with Crippen LogP contribution >= 0.6 is 0 Å². The van der Waals surface area contributed by atoms with Gasteiger partial charge in [0.05, 0.1) is 34.6 Å². The van der Waals surface area contributed by atoms with Crippen LogP contribution in [0.3, 0.4) is 0 Å². The predicted molar refractivity (Wildman–Crippen MR) is 183 cm³/mol. The van der Waals surface area contributed by atoms with E-state index in [0.29, 0.717) is 30.6 Å². The zero-order chi connectivity index (χ0) is 37.4. The molecule has 2 N–H and O–H groups in total. The van der Waals surface area contributed by atoms with E-state index in [-0.39, 0.29) is 35.7 Å². The fourth-order valence-corrected chi connectivity index (χ4v) is 5.99. The number of rotatable bonds is 8. The van der Waals surface area contributed by atoms with Crippen LogP contribution < -0.4 is 15.5 Å². The lowest BCUT2D eigenvalue weighted by Crippen LogP contribution is -2.54. The first-order valence-corrected chi connectivity index (χ1v) is 16.4. The molecule has 2 aromatic carbocycles. The molecule has 2 aliphatic rings. The molecule has 0 aliphatic carbocycles. The van der Waals surface area contributed by atoms with Crippen molar-refractivity contribution in [3.63, 3.8) is 0 Å². The van der Waals surface area contributed by atoms with Gasteiger partial charge in [-0.2, -0.15) is 18.3 Å². The molecule has 2 aliphatic heterocycles. The number of piperidine rings is 1. The molecule has 4 aromatic rings. The Balaban J connectivity index is 1.07. The third kappa shape index (κ3) is 7.18. The number of anilines is 2. The molecule has 12 nitrogen and oxygen atoms in total. The minimum Gasteiger partial charge on any atom is -0.369 e. The molecular formula is C37H34F3N7O5. The maximum Gasteiger partial charge on any atom is 0.416 e. The lowest BCUT2D eigenvalue weighted by molar-refractivity contribution is -0.139. The standard InChI is InChI=1S/C37H34F3N7O5/c1-23-16-27(9-10-28(23)34(51)46(22-48)30-12-13-32(49)43-33(30)50)45-19-25(20-45)7-6-24-18-41-47(21-24)36(2,3)35(52)42-29-11-8-26(37(38,39)40)17-31(29)44-14-4-5-15-44/h4-5,8-11,14-18,21-22,25,30H,12-13,19-20H2,1-3H3,(H,42,52)(H,43,49,50). The van der Waals surface area contributed by atoms with E-state index in [1.165, 1.54) is 15.3 Å². The van der Waals surface area contributed by atoms with E-state index in [1.54, 1.807) is 69.8 Å². The number of nitrogens with one attached hydrogen (secondary N) is 2. The summed E-state index contributed by atoms with van der Waals surface area (Å²) < 4.78 is 43.3. The summed E-state index contributed by atoms with van der Waals surface area (Å²) in [6, 6.07) is 10.6. The molecule has 1 unspecified atom stereocenters. The Morgan fingerprint density at radius 3 is 2.46 bits per heavy atom. The van der Waals surface area contributed by atoms with Gasteiger partial charge in [-0.15, -0.1) is 0 Å². The number of carbonyl (C=O) groups excluding carboxylic acids is 5. The van der Waals surface area contributed by atoms with Gasteiger partial charge in [0.2, 0.25) is 18.2 Å². The maximum absolute atomic E-state index is 13.5. The number of aryl methyl sites for hydroxylation is 1. The van der Waals surface area contributed by atoms with E-state index >= 15 is 0 Å². The average molecular weight is 714 g/mol. The minimum absolute atomic E-state index is 0.0335. The number of halogens is 3. The van der Waals surface area contributed by atoms with Crippen molar-refractivity contribution in [2.24, 2.45) is 5.92 Å². The number of amides is 5. The lowest BCUT2D eigenvalue weighted by Gasteiger charge is -2.38. The van der Waals surface area contributed by atoms with Crippen molar-refractivity contribution < 1.29 is 37.1 Å². The highest BCUT2D eigenvalue weighted by Gasteiger charge is 2.36. The number of imide groups is 2. The van der Waals surface area contributed by atoms with Crippen LogP contribution in [0.5, 0.6) is 0 Å². The van der Waals surface area contributed by atoms with Gasteiger partial charge in [-0.3, -0.25) is 38.9 Å². The highest BCUT2D eigenvalue weighted by Crippen LogP contribution is 2.34. The number of alkyl halides is 3. The molecular weight excluding hydrogens is 679 g/mol. The number of aromatic nitrogens is 3. The highest BCUT2D eigenvalue weighted by atomic mass is 19.4. The Morgan fingerprint density at radius 1 is 1.08 bits per heavy atom. The van der Waals surface area contributed by atoms with Crippen LogP contribution in [-0.2, 0) is 30.9 Å². The van der Waals surface area contributed by atoms with Gasteiger partial charge >= 0.3 is 6.18 Å². The van der Waals surface area contributed by atoms with Gasteiger partial charge in [-0.25, -0.2) is 0 Å². The first kappa shape index (κ1) is 35.6. The van der Waals surface area contributed by atoms with Crippen LogP contribution in [0.4, 0.5) is 24.5 Å². The van der Waals surface area contributed by atoms with Crippen LogP contribution in [0.15, 0.2) is 73.3 Å². The van der Waals surface area contributed by atoms with Crippen LogP contribution in [0.1, 0.15) is 53.7 Å². The van der Waals surface area contributed by atoms with Crippen molar-refractivity contribution in [1.82, 2.24) is 24.6 Å². The summed E-state index contributed by atoms with van der Waals surface area (Å²) in [7, 11) is 0. The smallest absolute Gasteiger partial charge is 0.369 e. The summed E-state index contributed by atoms with van der Waals surface area (Å²) in [6.45, 7) is 6.26. The van der Waals surface area contributed by atoms with Gasteiger partial charge in [-0.05, 0) is 81.3 Å². The quantitative estimate of drug-likeness (QED) is 0.158. The maximum atomic E-state index is 13.5. The summed E-state index contributed by atoms with van der Waals surface area (Å²) in [4.78, 5) is 65.1. The summed E-state index contributed by atoms with van der Waals surface area (Å²) in [6.07, 6.45) is 2.23. The molecule has 0 bridgehead atoms. The second-order valence-corrected chi connectivity index (χ2v) is 13.2. The molecule has 5 amide bonds. The largest absolute Gasteiger partial charge is 0.416 e. The van der Waals surface area contributed by atoms with Gasteiger partial charge in [0.25, 0.3) is 11.8 Å². The summed E-state index contributed by atoms with van der Waals surface area (Å²) in [5.41, 5.74) is 0.640. The molecule has 0 spiro atoms. The monoisotopic (exact) mass is 713 g/mol. The Kier molecular flexibility index (Phi) is 9.50. The van der Waals surface area contributed by atoms with Crippen molar-refractivity contribution in [3.8, 4) is 17.5 Å². The number of hydrogen-bond acceptors (Lipinski definition) is 7. The third-order valence-corrected chi connectivity index (χ3v) is 9.17. The molecule has 2 fully saturated rings.